The van der Waals surface area contributed by atoms with Crippen molar-refractivity contribution >= 4 is 5.97 Å². The highest BCUT2D eigenvalue weighted by Crippen LogP contribution is 2.28. The maximum absolute atomic E-state index is 13.6. The lowest BCUT2D eigenvalue weighted by atomic mass is 10.1. The van der Waals surface area contributed by atoms with E-state index in [1.54, 1.807) is 13.8 Å². The first-order valence-electron chi connectivity index (χ1n) is 5.76. The minimum Gasteiger partial charge on any atom is -0.493 e. The third-order valence-electron chi connectivity index (χ3n) is 2.34. The summed E-state index contributed by atoms with van der Waals surface area (Å²) in [7, 11) is 0. The molecular formula is C13H17FO3. The Bertz CT molecular complexity index is 402. The lowest BCUT2D eigenvalue weighted by Gasteiger charge is -2.14. The van der Waals surface area contributed by atoms with E-state index in [1.165, 1.54) is 12.1 Å². The summed E-state index contributed by atoms with van der Waals surface area (Å²) in [5.41, 5.74) is 0.698. The minimum absolute atomic E-state index is 0.281. The minimum atomic E-state index is -0.481. The van der Waals surface area contributed by atoms with E-state index in [-0.39, 0.29) is 18.0 Å². The molecule has 0 saturated carbocycles. The van der Waals surface area contributed by atoms with E-state index in [4.69, 9.17) is 9.47 Å². The van der Waals surface area contributed by atoms with Crippen LogP contribution in [-0.2, 0) is 11.2 Å². The van der Waals surface area contributed by atoms with E-state index in [0.717, 1.165) is 0 Å². The van der Waals surface area contributed by atoms with Crippen LogP contribution in [0.1, 0.15) is 36.7 Å². The Labute approximate surface area is 101 Å². The highest BCUT2D eigenvalue weighted by atomic mass is 19.1. The number of esters is 1. The molecule has 0 heterocycles. The molecule has 0 N–H and O–H groups in total. The van der Waals surface area contributed by atoms with Gasteiger partial charge in [0.1, 0.15) is 17.1 Å². The molecule has 94 valence electrons. The normalized spacial score (nSPS) is 10.1. The zero-order valence-electron chi connectivity index (χ0n) is 10.4. The molecular weight excluding hydrogens is 223 g/mol. The molecule has 1 aromatic rings. The monoisotopic (exact) mass is 240 g/mol. The molecule has 3 nitrogen and oxygen atoms in total. The molecule has 0 bridgehead atoms. The predicted molar refractivity (Wildman–Crippen MR) is 62.9 cm³/mol. The Morgan fingerprint density at radius 1 is 1.24 bits per heavy atom. The van der Waals surface area contributed by atoms with Crippen molar-refractivity contribution in [1.29, 1.82) is 0 Å². The lowest BCUT2D eigenvalue weighted by Crippen LogP contribution is -2.10. The SMILES string of the molecule is CCOC(=O)c1ccc(F)c(CC)c1OCC. The molecule has 0 aliphatic carbocycles. The van der Waals surface area contributed by atoms with Gasteiger partial charge in [0.2, 0.25) is 0 Å². The van der Waals surface area contributed by atoms with Gasteiger partial charge in [-0.1, -0.05) is 6.92 Å². The fourth-order valence-corrected chi connectivity index (χ4v) is 1.61. The zero-order chi connectivity index (χ0) is 12.8. The van der Waals surface area contributed by atoms with Gasteiger partial charge in [0, 0.05) is 5.56 Å². The van der Waals surface area contributed by atoms with Gasteiger partial charge in [-0.25, -0.2) is 9.18 Å². The van der Waals surface area contributed by atoms with Crippen LogP contribution in [0.4, 0.5) is 4.39 Å². The van der Waals surface area contributed by atoms with E-state index in [2.05, 4.69) is 0 Å². The largest absolute Gasteiger partial charge is 0.493 e. The van der Waals surface area contributed by atoms with E-state index < -0.39 is 5.97 Å². The quantitative estimate of drug-likeness (QED) is 0.742. The molecule has 0 unspecified atom stereocenters. The third kappa shape index (κ3) is 2.96. The topological polar surface area (TPSA) is 35.5 Å². The van der Waals surface area contributed by atoms with Crippen LogP contribution in [0.3, 0.4) is 0 Å². The van der Waals surface area contributed by atoms with Crippen molar-refractivity contribution in [3.63, 3.8) is 0 Å². The Kier molecular flexibility index (Phi) is 4.94. The van der Waals surface area contributed by atoms with E-state index >= 15 is 0 Å². The third-order valence-corrected chi connectivity index (χ3v) is 2.34. The highest BCUT2D eigenvalue weighted by Gasteiger charge is 2.19. The van der Waals surface area contributed by atoms with Crippen LogP contribution in [0.15, 0.2) is 12.1 Å². The molecule has 0 aliphatic rings. The lowest BCUT2D eigenvalue weighted by molar-refractivity contribution is 0.0521. The summed E-state index contributed by atoms with van der Waals surface area (Å²) in [6.45, 7) is 5.99. The Morgan fingerprint density at radius 3 is 2.47 bits per heavy atom. The van der Waals surface area contributed by atoms with Crippen LogP contribution >= 0.6 is 0 Å². The average molecular weight is 240 g/mol. The summed E-state index contributed by atoms with van der Waals surface area (Å²) in [5.74, 6) is -0.539. The molecule has 1 aromatic carbocycles. The van der Waals surface area contributed by atoms with E-state index in [9.17, 15) is 9.18 Å². The van der Waals surface area contributed by atoms with Gasteiger partial charge in [0.05, 0.1) is 13.2 Å². The molecule has 17 heavy (non-hydrogen) atoms. The number of rotatable bonds is 5. The maximum Gasteiger partial charge on any atom is 0.341 e. The van der Waals surface area contributed by atoms with Gasteiger partial charge in [0.15, 0.2) is 0 Å². The van der Waals surface area contributed by atoms with Gasteiger partial charge in [-0.15, -0.1) is 0 Å². The van der Waals surface area contributed by atoms with Crippen molar-refractivity contribution in [3.8, 4) is 5.75 Å². The van der Waals surface area contributed by atoms with Crippen molar-refractivity contribution in [2.24, 2.45) is 0 Å². The molecule has 1 rings (SSSR count). The van der Waals surface area contributed by atoms with Crippen LogP contribution in [0, 0.1) is 5.82 Å². The number of carbonyl (C=O) groups excluding carboxylic acids is 1. The number of hydrogen-bond donors (Lipinski definition) is 0. The molecule has 0 spiro atoms. The van der Waals surface area contributed by atoms with Gasteiger partial charge < -0.3 is 9.47 Å². The molecule has 0 saturated heterocycles. The van der Waals surface area contributed by atoms with E-state index in [1.807, 2.05) is 6.92 Å². The van der Waals surface area contributed by atoms with Crippen LogP contribution < -0.4 is 4.74 Å². The molecule has 0 amide bonds. The van der Waals surface area contributed by atoms with Crippen molar-refractivity contribution in [2.75, 3.05) is 13.2 Å². The van der Waals surface area contributed by atoms with Crippen LogP contribution in [0.2, 0.25) is 0 Å². The van der Waals surface area contributed by atoms with Gasteiger partial charge in [0.25, 0.3) is 0 Å². The summed E-state index contributed by atoms with van der Waals surface area (Å²) >= 11 is 0. The fourth-order valence-electron chi connectivity index (χ4n) is 1.61. The summed E-state index contributed by atoms with van der Waals surface area (Å²) < 4.78 is 23.9. The maximum atomic E-state index is 13.6. The van der Waals surface area contributed by atoms with Crippen molar-refractivity contribution < 1.29 is 18.7 Å². The smallest absolute Gasteiger partial charge is 0.341 e. The Morgan fingerprint density at radius 2 is 1.94 bits per heavy atom. The first kappa shape index (κ1) is 13.5. The number of hydrogen-bond acceptors (Lipinski definition) is 3. The molecule has 4 heteroatoms. The standard InChI is InChI=1S/C13H17FO3/c1-4-9-11(14)8-7-10(12(9)16-5-2)13(15)17-6-3/h7-8H,4-6H2,1-3H3. The fraction of sp³-hybridized carbons (Fsp3) is 0.462. The summed E-state index contributed by atoms with van der Waals surface area (Å²) in [6, 6.07) is 2.67. The van der Waals surface area contributed by atoms with Gasteiger partial charge >= 0.3 is 5.97 Å². The second-order valence-corrected chi connectivity index (χ2v) is 3.41. The number of halogens is 1. The second kappa shape index (κ2) is 6.23. The molecule has 0 radical (unpaired) electrons. The first-order valence-corrected chi connectivity index (χ1v) is 5.76. The van der Waals surface area contributed by atoms with Gasteiger partial charge in [-0.05, 0) is 32.4 Å². The zero-order valence-corrected chi connectivity index (χ0v) is 10.4. The number of carbonyl (C=O) groups is 1. The molecule has 0 aromatic heterocycles. The van der Waals surface area contributed by atoms with Crippen LogP contribution in [0.5, 0.6) is 5.75 Å². The average Bonchev–Trinajstić information content (AvgIpc) is 2.30. The molecule has 0 fully saturated rings. The van der Waals surface area contributed by atoms with Gasteiger partial charge in [-0.3, -0.25) is 0 Å². The second-order valence-electron chi connectivity index (χ2n) is 3.41. The molecule has 0 atom stereocenters. The first-order chi connectivity index (χ1) is 8.15. The molecule has 0 aliphatic heterocycles. The van der Waals surface area contributed by atoms with Crippen molar-refractivity contribution in [1.82, 2.24) is 0 Å². The van der Waals surface area contributed by atoms with E-state index in [0.29, 0.717) is 24.3 Å². The van der Waals surface area contributed by atoms with Crippen molar-refractivity contribution in [2.45, 2.75) is 27.2 Å². The van der Waals surface area contributed by atoms with Gasteiger partial charge in [-0.2, -0.15) is 0 Å². The Balaban J connectivity index is 3.24. The highest BCUT2D eigenvalue weighted by molar-refractivity contribution is 5.93. The van der Waals surface area contributed by atoms with Crippen LogP contribution in [-0.4, -0.2) is 19.2 Å². The number of benzene rings is 1. The Hall–Kier alpha value is -1.58. The number of ether oxygens (including phenoxy) is 2. The summed E-state index contributed by atoms with van der Waals surface area (Å²) in [4.78, 5) is 11.7. The van der Waals surface area contributed by atoms with Crippen LogP contribution in [0.25, 0.3) is 0 Å². The summed E-state index contributed by atoms with van der Waals surface area (Å²) in [6.07, 6.45) is 0.467. The van der Waals surface area contributed by atoms with Crippen molar-refractivity contribution in [3.05, 3.63) is 29.1 Å². The predicted octanol–water partition coefficient (Wildman–Crippen LogP) is 2.96. The summed E-state index contributed by atoms with van der Waals surface area (Å²) in [5, 5.41) is 0.